The predicted octanol–water partition coefficient (Wildman–Crippen LogP) is 3.01. The lowest BCUT2D eigenvalue weighted by atomic mass is 10.1. The van der Waals surface area contributed by atoms with Gasteiger partial charge in [-0.05, 0) is 36.4 Å². The number of benzene rings is 2. The fourth-order valence-corrected chi connectivity index (χ4v) is 1.80. The Morgan fingerprint density at radius 1 is 1.19 bits per heavy atom. The number of carboxylic acid groups (broad SMARTS) is 1. The summed E-state index contributed by atoms with van der Waals surface area (Å²) < 4.78 is 13.2. The molecule has 1 amide bonds. The van der Waals surface area contributed by atoms with E-state index in [1.807, 2.05) is 0 Å². The zero-order valence-electron chi connectivity index (χ0n) is 10.6. The molecule has 4 N–H and O–H groups in total. The molecule has 2 aromatic rings. The maximum absolute atomic E-state index is 13.2. The highest BCUT2D eigenvalue weighted by molar-refractivity contribution is 6.33. The first-order valence-corrected chi connectivity index (χ1v) is 6.15. The first-order chi connectivity index (χ1) is 9.88. The number of carbonyl (C=O) groups is 2. The SMILES string of the molecule is Nc1cc(C(=O)Nc2cc(F)ccc2C(=O)O)ccc1Cl. The summed E-state index contributed by atoms with van der Waals surface area (Å²) in [5, 5.41) is 11.6. The van der Waals surface area contributed by atoms with Crippen LogP contribution >= 0.6 is 11.6 Å². The van der Waals surface area contributed by atoms with Crippen LogP contribution in [-0.2, 0) is 0 Å². The van der Waals surface area contributed by atoms with Crippen LogP contribution in [0.1, 0.15) is 20.7 Å². The molecule has 0 saturated heterocycles. The zero-order chi connectivity index (χ0) is 15.6. The molecule has 0 aliphatic rings. The quantitative estimate of drug-likeness (QED) is 0.760. The molecule has 0 radical (unpaired) electrons. The van der Waals surface area contributed by atoms with E-state index < -0.39 is 17.7 Å². The normalized spacial score (nSPS) is 10.2. The highest BCUT2D eigenvalue weighted by Gasteiger charge is 2.15. The Balaban J connectivity index is 2.33. The summed E-state index contributed by atoms with van der Waals surface area (Å²) in [4.78, 5) is 23.1. The van der Waals surface area contributed by atoms with Crippen LogP contribution in [0, 0.1) is 5.82 Å². The Bertz CT molecular complexity index is 734. The van der Waals surface area contributed by atoms with Crippen LogP contribution < -0.4 is 11.1 Å². The second-order valence-electron chi connectivity index (χ2n) is 4.19. The van der Waals surface area contributed by atoms with Gasteiger partial charge in [0.1, 0.15) is 5.82 Å². The van der Waals surface area contributed by atoms with E-state index in [1.165, 1.54) is 18.2 Å². The lowest BCUT2D eigenvalue weighted by Crippen LogP contribution is -2.15. The van der Waals surface area contributed by atoms with Gasteiger partial charge in [-0.1, -0.05) is 11.6 Å². The molecule has 2 aromatic carbocycles. The number of carboxylic acids is 1. The Kier molecular flexibility index (Phi) is 4.09. The Hall–Kier alpha value is -2.60. The number of carbonyl (C=O) groups excluding carboxylic acids is 1. The molecule has 0 atom stereocenters. The molecule has 0 bridgehead atoms. The van der Waals surface area contributed by atoms with Crippen molar-refractivity contribution in [3.63, 3.8) is 0 Å². The summed E-state index contributed by atoms with van der Waals surface area (Å²) in [6.45, 7) is 0. The molecule has 0 aliphatic carbocycles. The van der Waals surface area contributed by atoms with E-state index in [2.05, 4.69) is 5.32 Å². The van der Waals surface area contributed by atoms with Crippen molar-refractivity contribution in [2.75, 3.05) is 11.1 Å². The molecule has 0 saturated carbocycles. The molecule has 0 fully saturated rings. The summed E-state index contributed by atoms with van der Waals surface area (Å²) in [6.07, 6.45) is 0. The first kappa shape index (κ1) is 14.8. The zero-order valence-corrected chi connectivity index (χ0v) is 11.3. The van der Waals surface area contributed by atoms with Gasteiger partial charge in [-0.3, -0.25) is 4.79 Å². The third-order valence-corrected chi connectivity index (χ3v) is 3.06. The number of halogens is 2. The fraction of sp³-hybridized carbons (Fsp3) is 0. The van der Waals surface area contributed by atoms with Gasteiger partial charge in [0.15, 0.2) is 0 Å². The standard InChI is InChI=1S/C14H10ClFN2O3/c15-10-4-1-7(5-11(10)17)13(19)18-12-6-8(16)2-3-9(12)14(20)21/h1-6H,17H2,(H,18,19)(H,20,21). The average Bonchev–Trinajstić information content (AvgIpc) is 2.41. The maximum atomic E-state index is 13.2. The maximum Gasteiger partial charge on any atom is 0.337 e. The van der Waals surface area contributed by atoms with Crippen molar-refractivity contribution in [3.05, 3.63) is 58.4 Å². The number of aromatic carboxylic acids is 1. The summed E-state index contributed by atoms with van der Waals surface area (Å²) >= 11 is 5.75. The van der Waals surface area contributed by atoms with Crippen molar-refractivity contribution in [3.8, 4) is 0 Å². The van der Waals surface area contributed by atoms with Crippen LogP contribution in [-0.4, -0.2) is 17.0 Å². The summed E-state index contributed by atoms with van der Waals surface area (Å²) in [5.74, 6) is -2.56. The van der Waals surface area contributed by atoms with Crippen molar-refractivity contribution >= 4 is 34.9 Å². The molecule has 5 nitrogen and oxygen atoms in total. The number of nitrogens with two attached hydrogens (primary N) is 1. The summed E-state index contributed by atoms with van der Waals surface area (Å²) in [7, 11) is 0. The molecule has 21 heavy (non-hydrogen) atoms. The molecular weight excluding hydrogens is 299 g/mol. The molecule has 0 aliphatic heterocycles. The van der Waals surface area contributed by atoms with Crippen molar-refractivity contribution in [2.24, 2.45) is 0 Å². The van der Waals surface area contributed by atoms with Crippen LogP contribution in [0.2, 0.25) is 5.02 Å². The fourth-order valence-electron chi connectivity index (χ4n) is 1.69. The third-order valence-electron chi connectivity index (χ3n) is 2.72. The van der Waals surface area contributed by atoms with E-state index in [4.69, 9.17) is 22.4 Å². The molecular formula is C14H10ClFN2O3. The monoisotopic (exact) mass is 308 g/mol. The van der Waals surface area contributed by atoms with E-state index in [1.54, 1.807) is 0 Å². The highest BCUT2D eigenvalue weighted by atomic mass is 35.5. The molecule has 7 heteroatoms. The van der Waals surface area contributed by atoms with Crippen molar-refractivity contribution in [1.82, 2.24) is 0 Å². The number of nitrogen functional groups attached to an aromatic ring is 1. The van der Waals surface area contributed by atoms with E-state index >= 15 is 0 Å². The van der Waals surface area contributed by atoms with Crippen LogP contribution in [0.5, 0.6) is 0 Å². The second kappa shape index (κ2) is 5.80. The van der Waals surface area contributed by atoms with Gasteiger partial charge in [-0.15, -0.1) is 0 Å². The number of hydrogen-bond donors (Lipinski definition) is 3. The smallest absolute Gasteiger partial charge is 0.337 e. The van der Waals surface area contributed by atoms with Crippen LogP contribution in [0.15, 0.2) is 36.4 Å². The van der Waals surface area contributed by atoms with Crippen molar-refractivity contribution in [1.29, 1.82) is 0 Å². The van der Waals surface area contributed by atoms with Crippen LogP contribution in [0.25, 0.3) is 0 Å². The molecule has 0 spiro atoms. The number of rotatable bonds is 3. The average molecular weight is 309 g/mol. The predicted molar refractivity (Wildman–Crippen MR) is 77.2 cm³/mol. The molecule has 0 aromatic heterocycles. The lowest BCUT2D eigenvalue weighted by Gasteiger charge is -2.09. The van der Waals surface area contributed by atoms with Crippen LogP contribution in [0.4, 0.5) is 15.8 Å². The van der Waals surface area contributed by atoms with Gasteiger partial charge in [0, 0.05) is 5.56 Å². The van der Waals surface area contributed by atoms with Gasteiger partial charge < -0.3 is 16.2 Å². The van der Waals surface area contributed by atoms with Gasteiger partial charge >= 0.3 is 5.97 Å². The number of nitrogens with one attached hydrogen (secondary N) is 1. The number of hydrogen-bond acceptors (Lipinski definition) is 3. The molecule has 2 rings (SSSR count). The second-order valence-corrected chi connectivity index (χ2v) is 4.59. The lowest BCUT2D eigenvalue weighted by molar-refractivity contribution is 0.0698. The number of anilines is 2. The van der Waals surface area contributed by atoms with Gasteiger partial charge in [-0.2, -0.15) is 0 Å². The Morgan fingerprint density at radius 2 is 1.90 bits per heavy atom. The Labute approximate surface area is 124 Å². The van der Waals surface area contributed by atoms with Gasteiger partial charge in [-0.25, -0.2) is 9.18 Å². The summed E-state index contributed by atoms with van der Waals surface area (Å²) in [6, 6.07) is 7.21. The first-order valence-electron chi connectivity index (χ1n) is 5.77. The van der Waals surface area contributed by atoms with E-state index in [-0.39, 0.29) is 22.5 Å². The molecule has 0 heterocycles. The topological polar surface area (TPSA) is 92.4 Å². The highest BCUT2D eigenvalue weighted by Crippen LogP contribution is 2.22. The minimum atomic E-state index is -1.28. The number of amides is 1. The van der Waals surface area contributed by atoms with Gasteiger partial charge in [0.25, 0.3) is 5.91 Å². The molecule has 108 valence electrons. The Morgan fingerprint density at radius 3 is 2.52 bits per heavy atom. The largest absolute Gasteiger partial charge is 0.478 e. The minimum absolute atomic E-state index is 0.138. The van der Waals surface area contributed by atoms with E-state index in [9.17, 15) is 14.0 Å². The van der Waals surface area contributed by atoms with E-state index in [0.29, 0.717) is 5.02 Å². The van der Waals surface area contributed by atoms with Crippen molar-refractivity contribution < 1.29 is 19.1 Å². The van der Waals surface area contributed by atoms with E-state index in [0.717, 1.165) is 18.2 Å². The van der Waals surface area contributed by atoms with Gasteiger partial charge in [0.2, 0.25) is 0 Å². The van der Waals surface area contributed by atoms with Crippen LogP contribution in [0.3, 0.4) is 0 Å². The van der Waals surface area contributed by atoms with Gasteiger partial charge in [0.05, 0.1) is 22.0 Å². The molecule has 0 unspecified atom stereocenters. The summed E-state index contributed by atoms with van der Waals surface area (Å²) in [5.41, 5.74) is 5.62. The van der Waals surface area contributed by atoms with Crippen molar-refractivity contribution in [2.45, 2.75) is 0 Å². The third kappa shape index (κ3) is 3.29. The minimum Gasteiger partial charge on any atom is -0.478 e.